The molecule has 11 heteroatoms. The van der Waals surface area contributed by atoms with Crippen molar-refractivity contribution in [2.45, 2.75) is 58.3 Å². The fourth-order valence-corrected chi connectivity index (χ4v) is 4.51. The second kappa shape index (κ2) is 12.2. The summed E-state index contributed by atoms with van der Waals surface area (Å²) in [7, 11) is 0. The van der Waals surface area contributed by atoms with E-state index in [-0.39, 0.29) is 34.2 Å². The lowest BCUT2D eigenvalue weighted by Gasteiger charge is -2.20. The van der Waals surface area contributed by atoms with Gasteiger partial charge in [0.1, 0.15) is 5.75 Å². The van der Waals surface area contributed by atoms with E-state index in [1.165, 1.54) is 30.0 Å². The third kappa shape index (κ3) is 6.98. The van der Waals surface area contributed by atoms with Crippen LogP contribution in [0.1, 0.15) is 58.0 Å². The van der Waals surface area contributed by atoms with Gasteiger partial charge in [0, 0.05) is 18.7 Å². The van der Waals surface area contributed by atoms with Crippen LogP contribution < -0.4 is 10.1 Å². The largest absolute Gasteiger partial charge is 0.482 e. The van der Waals surface area contributed by atoms with Gasteiger partial charge in [-0.05, 0) is 36.5 Å². The number of aromatic nitrogens is 3. The maximum absolute atomic E-state index is 12.6. The molecule has 0 spiro atoms. The summed E-state index contributed by atoms with van der Waals surface area (Å²) in [6.07, 6.45) is -0.358. The molecule has 0 fully saturated rings. The minimum Gasteiger partial charge on any atom is -0.482 e. The summed E-state index contributed by atoms with van der Waals surface area (Å²) in [6, 6.07) is 11.8. The van der Waals surface area contributed by atoms with Crippen LogP contribution in [0.2, 0.25) is 5.02 Å². The highest BCUT2D eigenvalue weighted by molar-refractivity contribution is 7.99. The van der Waals surface area contributed by atoms with Gasteiger partial charge in [-0.15, -0.1) is 10.2 Å². The number of carbonyl (C=O) groups excluding carboxylic acids is 1. The Bertz CT molecular complexity index is 1230. The van der Waals surface area contributed by atoms with E-state index in [1.807, 2.05) is 29.7 Å². The Kier molecular flexibility index (Phi) is 9.33. The molecule has 192 valence electrons. The van der Waals surface area contributed by atoms with Crippen LogP contribution in [0.5, 0.6) is 5.75 Å². The molecule has 1 N–H and O–H groups in total. The predicted molar refractivity (Wildman–Crippen MR) is 142 cm³/mol. The number of nitrogens with zero attached hydrogens (tertiary/aromatic N) is 4. The van der Waals surface area contributed by atoms with Gasteiger partial charge in [-0.25, -0.2) is 0 Å². The van der Waals surface area contributed by atoms with E-state index in [2.05, 4.69) is 49.3 Å². The maximum Gasteiger partial charge on any atom is 0.271 e. The fourth-order valence-electron chi connectivity index (χ4n) is 3.59. The molecule has 0 radical (unpaired) electrons. The zero-order valence-electron chi connectivity index (χ0n) is 20.9. The number of hydrogen-bond acceptors (Lipinski definition) is 7. The summed E-state index contributed by atoms with van der Waals surface area (Å²) in [6.45, 7) is 11.0. The third-order valence-corrected chi connectivity index (χ3v) is 6.57. The van der Waals surface area contributed by atoms with Crippen LogP contribution in [0.15, 0.2) is 47.6 Å². The minimum absolute atomic E-state index is 0.0284. The van der Waals surface area contributed by atoms with Gasteiger partial charge >= 0.3 is 0 Å². The Morgan fingerprint density at radius 2 is 1.89 bits per heavy atom. The van der Waals surface area contributed by atoms with Gasteiger partial charge in [0.15, 0.2) is 17.1 Å². The lowest BCUT2D eigenvalue weighted by Crippen LogP contribution is -2.17. The summed E-state index contributed by atoms with van der Waals surface area (Å²) in [5.41, 5.74) is 1.15. The smallest absolute Gasteiger partial charge is 0.271 e. The number of carbonyl (C=O) groups is 1. The van der Waals surface area contributed by atoms with Crippen LogP contribution in [0, 0.1) is 16.0 Å². The van der Waals surface area contributed by atoms with Crippen LogP contribution in [0.4, 0.5) is 11.4 Å². The van der Waals surface area contributed by atoms with E-state index in [9.17, 15) is 14.9 Å². The number of benzene rings is 2. The first-order valence-electron chi connectivity index (χ1n) is 11.6. The summed E-state index contributed by atoms with van der Waals surface area (Å²) in [5, 5.41) is 23.2. The molecule has 1 atom stereocenters. The van der Waals surface area contributed by atoms with Crippen molar-refractivity contribution in [2.24, 2.45) is 5.92 Å². The van der Waals surface area contributed by atoms with E-state index >= 15 is 0 Å². The van der Waals surface area contributed by atoms with Crippen LogP contribution in [-0.4, -0.2) is 31.3 Å². The highest BCUT2D eigenvalue weighted by atomic mass is 35.5. The average molecular weight is 532 g/mol. The second-order valence-electron chi connectivity index (χ2n) is 9.06. The number of thioether (sulfide) groups is 1. The normalized spacial score (nSPS) is 12.1. The summed E-state index contributed by atoms with van der Waals surface area (Å²) >= 11 is 7.33. The second-order valence-corrected chi connectivity index (χ2v) is 10.4. The van der Waals surface area contributed by atoms with Gasteiger partial charge in [0.05, 0.1) is 21.4 Å². The number of halogens is 1. The molecule has 1 aromatic heterocycles. The zero-order valence-corrected chi connectivity index (χ0v) is 22.5. The number of nitro benzene ring substituents is 1. The number of hydrogen-bond donors (Lipinski definition) is 1. The summed E-state index contributed by atoms with van der Waals surface area (Å²) < 4.78 is 8.27. The number of anilines is 1. The molecule has 3 rings (SSSR count). The molecule has 9 nitrogen and oxygen atoms in total. The molecule has 2 aromatic carbocycles. The molecule has 0 aliphatic rings. The van der Waals surface area contributed by atoms with E-state index in [0.29, 0.717) is 29.4 Å². The monoisotopic (exact) mass is 531 g/mol. The van der Waals surface area contributed by atoms with Crippen LogP contribution >= 0.6 is 23.4 Å². The van der Waals surface area contributed by atoms with Gasteiger partial charge in [-0.3, -0.25) is 14.9 Å². The summed E-state index contributed by atoms with van der Waals surface area (Å²) in [4.78, 5) is 23.1. The average Bonchev–Trinajstić information content (AvgIpc) is 3.21. The lowest BCUT2D eigenvalue weighted by molar-refractivity contribution is -0.384. The third-order valence-electron chi connectivity index (χ3n) is 5.27. The lowest BCUT2D eigenvalue weighted by atomic mass is 10.0. The topological polar surface area (TPSA) is 112 Å². The molecule has 0 aliphatic heterocycles. The first-order valence-corrected chi connectivity index (χ1v) is 13.0. The van der Waals surface area contributed by atoms with Gasteiger partial charge < -0.3 is 14.6 Å². The molecule has 3 aromatic rings. The molecule has 0 aliphatic carbocycles. The van der Waals surface area contributed by atoms with Crippen molar-refractivity contribution in [3.63, 3.8) is 0 Å². The molecular weight excluding hydrogens is 502 g/mol. The van der Waals surface area contributed by atoms with Crippen molar-refractivity contribution in [1.29, 1.82) is 0 Å². The molecule has 1 amide bonds. The number of non-ortho nitro benzene ring substituents is 1. The number of rotatable bonds is 11. The standard InChI is InChI=1S/C25H30ClN5O4S/c1-15(2)13-30-24(17(5)35-22-9-7-6-8-19(22)16(3)4)28-29-25(30)36-14-23(32)27-21-12-18(31(33)34)10-11-20(21)26/h6-12,15-17H,13-14H2,1-5H3,(H,27,32). The van der Waals surface area contributed by atoms with E-state index in [4.69, 9.17) is 16.3 Å². The number of ether oxygens (including phenoxy) is 1. The number of para-hydroxylation sites is 1. The highest BCUT2D eigenvalue weighted by Gasteiger charge is 2.22. The molecule has 0 bridgehead atoms. The SMILES string of the molecule is CC(C)Cn1c(SCC(=O)Nc2cc([N+](=O)[O-])ccc2Cl)nnc1C(C)Oc1ccccc1C(C)C. The molecule has 0 saturated carbocycles. The number of amides is 1. The van der Waals surface area contributed by atoms with Crippen molar-refractivity contribution in [3.05, 3.63) is 69.0 Å². The molecule has 36 heavy (non-hydrogen) atoms. The number of nitro groups is 1. The Balaban J connectivity index is 1.75. The maximum atomic E-state index is 12.6. The molecular formula is C25H30ClN5O4S. The predicted octanol–water partition coefficient (Wildman–Crippen LogP) is 6.49. The van der Waals surface area contributed by atoms with Gasteiger partial charge in [0.2, 0.25) is 5.91 Å². The Morgan fingerprint density at radius 3 is 2.56 bits per heavy atom. The quantitative estimate of drug-likeness (QED) is 0.171. The van der Waals surface area contributed by atoms with Gasteiger partial charge in [0.25, 0.3) is 5.69 Å². The Morgan fingerprint density at radius 1 is 1.17 bits per heavy atom. The number of nitrogens with one attached hydrogen (secondary N) is 1. The van der Waals surface area contributed by atoms with E-state index in [1.54, 1.807) is 0 Å². The Labute approximate surface area is 219 Å². The fraction of sp³-hybridized carbons (Fsp3) is 0.400. The first kappa shape index (κ1) is 27.5. The van der Waals surface area contributed by atoms with Crippen molar-refractivity contribution < 1.29 is 14.5 Å². The van der Waals surface area contributed by atoms with Crippen LogP contribution in [-0.2, 0) is 11.3 Å². The molecule has 1 heterocycles. The molecule has 0 saturated heterocycles. The van der Waals surface area contributed by atoms with Crippen molar-refractivity contribution in [2.75, 3.05) is 11.1 Å². The van der Waals surface area contributed by atoms with Crippen LogP contribution in [0.25, 0.3) is 0 Å². The van der Waals surface area contributed by atoms with Crippen molar-refractivity contribution in [1.82, 2.24) is 14.8 Å². The van der Waals surface area contributed by atoms with E-state index in [0.717, 1.165) is 11.3 Å². The highest BCUT2D eigenvalue weighted by Crippen LogP contribution is 2.31. The van der Waals surface area contributed by atoms with Gasteiger partial charge in [-0.2, -0.15) is 0 Å². The zero-order chi connectivity index (χ0) is 26.4. The summed E-state index contributed by atoms with van der Waals surface area (Å²) in [5.74, 6) is 1.77. The van der Waals surface area contributed by atoms with Gasteiger partial charge in [-0.1, -0.05) is 69.3 Å². The minimum atomic E-state index is -0.542. The van der Waals surface area contributed by atoms with Crippen molar-refractivity contribution in [3.8, 4) is 5.75 Å². The van der Waals surface area contributed by atoms with Crippen LogP contribution in [0.3, 0.4) is 0 Å². The Hall–Kier alpha value is -3.11. The van der Waals surface area contributed by atoms with E-state index < -0.39 is 4.92 Å². The van der Waals surface area contributed by atoms with Crippen molar-refractivity contribution >= 4 is 40.6 Å². The molecule has 1 unspecified atom stereocenters. The first-order chi connectivity index (χ1) is 17.1.